The van der Waals surface area contributed by atoms with E-state index in [0.29, 0.717) is 11.4 Å². The van der Waals surface area contributed by atoms with Crippen LogP contribution in [0.15, 0.2) is 0 Å². The van der Waals surface area contributed by atoms with Crippen molar-refractivity contribution in [2.24, 2.45) is 0 Å². The molecule has 0 spiro atoms. The summed E-state index contributed by atoms with van der Waals surface area (Å²) < 4.78 is 5.70. The Labute approximate surface area is 119 Å². The summed E-state index contributed by atoms with van der Waals surface area (Å²) in [4.78, 5) is 20.3. The van der Waals surface area contributed by atoms with Gasteiger partial charge in [-0.15, -0.1) is 0 Å². The van der Waals surface area contributed by atoms with Crippen molar-refractivity contribution in [3.8, 4) is 0 Å². The van der Waals surface area contributed by atoms with Gasteiger partial charge in [0, 0.05) is 24.1 Å². The average Bonchev–Trinajstić information content (AvgIpc) is 2.87. The number of ether oxygens (including phenoxy) is 1. The molecule has 0 saturated heterocycles. The molecule has 5 nitrogen and oxygen atoms in total. The number of carbonyl (C=O) groups is 1. The smallest absolute Gasteiger partial charge is 0.310 e. The molecule has 1 aliphatic carbocycles. The van der Waals surface area contributed by atoms with Crippen molar-refractivity contribution in [2.45, 2.75) is 58.0 Å². The Hall–Kier alpha value is -1.49. The predicted molar refractivity (Wildman–Crippen MR) is 74.7 cm³/mol. The zero-order chi connectivity index (χ0) is 14.9. The second-order valence-electron chi connectivity index (χ2n) is 5.60. The topological polar surface area (TPSA) is 72.3 Å². The molecule has 2 rings (SSSR count). The number of carboxylic acid groups (broad SMARTS) is 1. The maximum atomic E-state index is 11.2. The number of aromatic nitrogens is 2. The number of rotatable bonds is 4. The molecule has 5 heteroatoms. The molecule has 1 aromatic rings. The highest BCUT2D eigenvalue weighted by Crippen LogP contribution is 2.40. The van der Waals surface area contributed by atoms with Crippen LogP contribution < -0.4 is 0 Å². The predicted octanol–water partition coefficient (Wildman–Crippen LogP) is 2.70. The van der Waals surface area contributed by atoms with E-state index in [4.69, 9.17) is 4.74 Å². The molecule has 1 heterocycles. The molecule has 0 aliphatic heterocycles. The van der Waals surface area contributed by atoms with E-state index in [2.05, 4.69) is 9.97 Å². The maximum absolute atomic E-state index is 11.2. The molecule has 110 valence electrons. The van der Waals surface area contributed by atoms with Crippen molar-refractivity contribution in [2.75, 3.05) is 7.11 Å². The van der Waals surface area contributed by atoms with E-state index in [1.54, 1.807) is 14.0 Å². The van der Waals surface area contributed by atoms with E-state index in [-0.39, 0.29) is 5.60 Å². The second-order valence-corrected chi connectivity index (χ2v) is 5.60. The number of hydrogen-bond donors (Lipinski definition) is 1. The first-order chi connectivity index (χ1) is 9.41. The summed E-state index contributed by atoms with van der Waals surface area (Å²) >= 11 is 0. The molecule has 0 radical (unpaired) electrons. The van der Waals surface area contributed by atoms with E-state index < -0.39 is 11.9 Å². The van der Waals surface area contributed by atoms with Gasteiger partial charge in [0.25, 0.3) is 0 Å². The van der Waals surface area contributed by atoms with Crippen molar-refractivity contribution in [1.29, 1.82) is 0 Å². The van der Waals surface area contributed by atoms with Crippen molar-refractivity contribution in [3.63, 3.8) is 0 Å². The largest absolute Gasteiger partial charge is 0.481 e. The van der Waals surface area contributed by atoms with Crippen LogP contribution in [0.3, 0.4) is 0 Å². The quantitative estimate of drug-likeness (QED) is 0.916. The first kappa shape index (κ1) is 14.9. The van der Waals surface area contributed by atoms with Crippen LogP contribution in [0, 0.1) is 13.8 Å². The molecule has 1 atom stereocenters. The molecule has 1 fully saturated rings. The lowest BCUT2D eigenvalue weighted by Crippen LogP contribution is -2.29. The number of hydrogen-bond acceptors (Lipinski definition) is 4. The van der Waals surface area contributed by atoms with E-state index in [0.717, 1.165) is 37.1 Å². The Kier molecular flexibility index (Phi) is 4.09. The van der Waals surface area contributed by atoms with Crippen LogP contribution >= 0.6 is 0 Å². The lowest BCUT2D eigenvalue weighted by atomic mass is 9.96. The van der Waals surface area contributed by atoms with Crippen LogP contribution in [0.1, 0.15) is 61.3 Å². The van der Waals surface area contributed by atoms with E-state index in [9.17, 15) is 9.90 Å². The summed E-state index contributed by atoms with van der Waals surface area (Å²) in [7, 11) is 1.70. The Balaban J connectivity index is 2.47. The minimum absolute atomic E-state index is 0.388. The molecular formula is C15H22N2O3. The third kappa shape index (κ3) is 2.42. The molecular weight excluding hydrogens is 256 g/mol. The average molecular weight is 278 g/mol. The third-order valence-corrected chi connectivity index (χ3v) is 4.34. The Morgan fingerprint density at radius 1 is 1.25 bits per heavy atom. The molecule has 1 aromatic heterocycles. The van der Waals surface area contributed by atoms with Crippen LogP contribution in [0.5, 0.6) is 0 Å². The van der Waals surface area contributed by atoms with Gasteiger partial charge in [0.05, 0.1) is 5.92 Å². The molecule has 1 saturated carbocycles. The molecule has 1 unspecified atom stereocenters. The summed E-state index contributed by atoms with van der Waals surface area (Å²) in [6.45, 7) is 5.37. The van der Waals surface area contributed by atoms with Gasteiger partial charge in [-0.25, -0.2) is 9.97 Å². The van der Waals surface area contributed by atoms with Crippen molar-refractivity contribution in [1.82, 2.24) is 9.97 Å². The van der Waals surface area contributed by atoms with E-state index in [1.807, 2.05) is 13.8 Å². The van der Waals surface area contributed by atoms with Crippen LogP contribution in [-0.4, -0.2) is 28.2 Å². The van der Waals surface area contributed by atoms with Crippen molar-refractivity contribution < 1.29 is 14.6 Å². The first-order valence-corrected chi connectivity index (χ1v) is 7.05. The summed E-state index contributed by atoms with van der Waals surface area (Å²) in [5, 5.41) is 9.18. The van der Waals surface area contributed by atoms with Crippen LogP contribution in [0.4, 0.5) is 0 Å². The lowest BCUT2D eigenvalue weighted by molar-refractivity contribution is -0.138. The highest BCUT2D eigenvalue weighted by atomic mass is 16.5. The van der Waals surface area contributed by atoms with Crippen LogP contribution in [0.2, 0.25) is 0 Å². The Bertz CT molecular complexity index is 499. The fourth-order valence-corrected chi connectivity index (χ4v) is 3.14. The summed E-state index contributed by atoms with van der Waals surface area (Å²) in [6, 6.07) is 0. The van der Waals surface area contributed by atoms with Gasteiger partial charge >= 0.3 is 5.97 Å². The standard InChI is InChI=1S/C15H22N2O3/c1-9(13(18)19)12-10(2)16-14(17-11(12)3)15(20-4)7-5-6-8-15/h9H,5-8H2,1-4H3,(H,18,19). The SMILES string of the molecule is COC1(c2nc(C)c(C(C)C(=O)O)c(C)n2)CCCC1. The highest BCUT2D eigenvalue weighted by molar-refractivity contribution is 5.76. The molecule has 0 aromatic carbocycles. The Morgan fingerprint density at radius 2 is 1.75 bits per heavy atom. The van der Waals surface area contributed by atoms with Gasteiger partial charge in [0.1, 0.15) is 5.60 Å². The van der Waals surface area contributed by atoms with E-state index in [1.165, 1.54) is 0 Å². The van der Waals surface area contributed by atoms with Crippen LogP contribution in [-0.2, 0) is 15.1 Å². The maximum Gasteiger partial charge on any atom is 0.310 e. The minimum atomic E-state index is -0.852. The highest BCUT2D eigenvalue weighted by Gasteiger charge is 2.39. The zero-order valence-corrected chi connectivity index (χ0v) is 12.6. The fraction of sp³-hybridized carbons (Fsp3) is 0.667. The number of carboxylic acids is 1. The number of aliphatic carboxylic acids is 1. The number of nitrogens with zero attached hydrogens (tertiary/aromatic N) is 2. The summed E-state index contributed by atoms with van der Waals surface area (Å²) in [5.41, 5.74) is 1.81. The molecule has 1 N–H and O–H groups in total. The number of aryl methyl sites for hydroxylation is 2. The van der Waals surface area contributed by atoms with Gasteiger partial charge in [-0.05, 0) is 46.5 Å². The zero-order valence-electron chi connectivity index (χ0n) is 12.6. The monoisotopic (exact) mass is 278 g/mol. The minimum Gasteiger partial charge on any atom is -0.481 e. The van der Waals surface area contributed by atoms with Gasteiger partial charge in [-0.1, -0.05) is 0 Å². The number of methoxy groups -OCH3 is 1. The van der Waals surface area contributed by atoms with Crippen LogP contribution in [0.25, 0.3) is 0 Å². The normalized spacial score (nSPS) is 19.0. The van der Waals surface area contributed by atoms with Gasteiger partial charge < -0.3 is 9.84 Å². The summed E-state index contributed by atoms with van der Waals surface area (Å²) in [5.74, 6) is -0.741. The second kappa shape index (κ2) is 5.48. The van der Waals surface area contributed by atoms with Crippen molar-refractivity contribution in [3.05, 3.63) is 22.8 Å². The lowest BCUT2D eigenvalue weighted by Gasteiger charge is -2.27. The van der Waals surface area contributed by atoms with Gasteiger partial charge in [-0.3, -0.25) is 4.79 Å². The van der Waals surface area contributed by atoms with Gasteiger partial charge in [0.15, 0.2) is 5.82 Å². The summed E-state index contributed by atoms with van der Waals surface area (Å²) in [6.07, 6.45) is 4.08. The first-order valence-electron chi connectivity index (χ1n) is 7.05. The van der Waals surface area contributed by atoms with Crippen molar-refractivity contribution >= 4 is 5.97 Å². The third-order valence-electron chi connectivity index (χ3n) is 4.34. The van der Waals surface area contributed by atoms with Gasteiger partial charge in [0.2, 0.25) is 0 Å². The fourth-order valence-electron chi connectivity index (χ4n) is 3.14. The molecule has 20 heavy (non-hydrogen) atoms. The molecule has 1 aliphatic rings. The molecule has 0 bridgehead atoms. The molecule has 0 amide bonds. The van der Waals surface area contributed by atoms with Gasteiger partial charge in [-0.2, -0.15) is 0 Å². The van der Waals surface area contributed by atoms with E-state index >= 15 is 0 Å². The Morgan fingerprint density at radius 3 is 2.15 bits per heavy atom.